The molecule has 1 aliphatic carbocycles. The van der Waals surface area contributed by atoms with Crippen molar-refractivity contribution in [3.05, 3.63) is 18.5 Å². The van der Waals surface area contributed by atoms with E-state index in [1.54, 1.807) is 12.4 Å². The highest BCUT2D eigenvalue weighted by Crippen LogP contribution is 2.46. The van der Waals surface area contributed by atoms with E-state index < -0.39 is 0 Å². The summed E-state index contributed by atoms with van der Waals surface area (Å²) in [6.07, 6.45) is 9.75. The minimum absolute atomic E-state index is 0.200. The topological polar surface area (TPSA) is 61.8 Å². The number of rotatable bonds is 4. The van der Waals surface area contributed by atoms with Crippen LogP contribution < -0.4 is 4.90 Å². The van der Waals surface area contributed by atoms with E-state index in [0.717, 1.165) is 58.1 Å². The number of methoxy groups -OCH3 is 1. The SMILES string of the molecule is CO[C@@H]1CCC[C@@]12CCCN(C(=O)CN1CCN(c3ncccn3)CC1)C2. The molecule has 1 saturated carbocycles. The van der Waals surface area contributed by atoms with Crippen LogP contribution in [0.1, 0.15) is 32.1 Å². The van der Waals surface area contributed by atoms with E-state index in [9.17, 15) is 4.79 Å². The average molecular weight is 374 g/mol. The van der Waals surface area contributed by atoms with Crippen LogP contribution in [0.3, 0.4) is 0 Å². The van der Waals surface area contributed by atoms with Gasteiger partial charge >= 0.3 is 0 Å². The van der Waals surface area contributed by atoms with Gasteiger partial charge in [-0.3, -0.25) is 9.69 Å². The molecular formula is C20H31N5O2. The Morgan fingerprint density at radius 2 is 1.89 bits per heavy atom. The summed E-state index contributed by atoms with van der Waals surface area (Å²) >= 11 is 0. The molecule has 0 unspecified atom stereocenters. The Morgan fingerprint density at radius 3 is 2.63 bits per heavy atom. The smallest absolute Gasteiger partial charge is 0.236 e. The minimum atomic E-state index is 0.200. The molecule has 27 heavy (non-hydrogen) atoms. The van der Waals surface area contributed by atoms with Gasteiger partial charge in [0, 0.05) is 64.2 Å². The molecule has 4 rings (SSSR count). The highest BCUT2D eigenvalue weighted by atomic mass is 16.5. The molecule has 3 heterocycles. The Labute approximate surface area is 161 Å². The Bertz CT molecular complexity index is 635. The lowest BCUT2D eigenvalue weighted by molar-refractivity contribution is -0.138. The first-order valence-electron chi connectivity index (χ1n) is 10.3. The highest BCUT2D eigenvalue weighted by molar-refractivity contribution is 5.78. The fourth-order valence-electron chi connectivity index (χ4n) is 5.17. The predicted octanol–water partition coefficient (Wildman–Crippen LogP) is 1.41. The zero-order chi connectivity index (χ0) is 18.7. The number of carbonyl (C=O) groups is 1. The molecule has 3 aliphatic rings. The molecule has 2 atom stereocenters. The standard InChI is InChI=1S/C20H31N5O2/c1-27-17-5-2-6-20(17)7-3-10-25(16-20)18(26)15-23-11-13-24(14-12-23)19-21-8-4-9-22-19/h4,8-9,17H,2-3,5-7,10-16H2,1H3/t17-,20+/m1/s1. The first-order chi connectivity index (χ1) is 13.2. The van der Waals surface area contributed by atoms with Crippen LogP contribution in [0.4, 0.5) is 5.95 Å². The largest absolute Gasteiger partial charge is 0.381 e. The first-order valence-corrected chi connectivity index (χ1v) is 10.3. The molecule has 2 aliphatic heterocycles. The van der Waals surface area contributed by atoms with Crippen molar-refractivity contribution in [2.24, 2.45) is 5.41 Å². The number of carbonyl (C=O) groups excluding carboxylic acids is 1. The second kappa shape index (κ2) is 8.10. The molecule has 0 radical (unpaired) electrons. The van der Waals surface area contributed by atoms with E-state index >= 15 is 0 Å². The quantitative estimate of drug-likeness (QED) is 0.795. The third-order valence-corrected chi connectivity index (χ3v) is 6.64. The molecule has 1 amide bonds. The molecule has 3 fully saturated rings. The van der Waals surface area contributed by atoms with Crippen LogP contribution in [0.15, 0.2) is 18.5 Å². The summed E-state index contributed by atoms with van der Waals surface area (Å²) in [5.74, 6) is 1.06. The molecule has 0 N–H and O–H groups in total. The summed E-state index contributed by atoms with van der Waals surface area (Å²) in [6.45, 7) is 5.79. The third kappa shape index (κ3) is 3.94. The zero-order valence-corrected chi connectivity index (χ0v) is 16.3. The average Bonchev–Trinajstić information content (AvgIpc) is 3.10. The van der Waals surface area contributed by atoms with Crippen LogP contribution in [0.25, 0.3) is 0 Å². The van der Waals surface area contributed by atoms with Gasteiger partial charge < -0.3 is 14.5 Å². The molecule has 2 saturated heterocycles. The van der Waals surface area contributed by atoms with Crippen molar-refractivity contribution in [2.75, 3.05) is 57.8 Å². The van der Waals surface area contributed by atoms with Gasteiger partial charge in [0.05, 0.1) is 12.6 Å². The lowest BCUT2D eigenvalue weighted by Crippen LogP contribution is -2.54. The fraction of sp³-hybridized carbons (Fsp3) is 0.750. The van der Waals surface area contributed by atoms with Crippen molar-refractivity contribution >= 4 is 11.9 Å². The summed E-state index contributed by atoms with van der Waals surface area (Å²) in [6, 6.07) is 1.84. The molecule has 1 aromatic rings. The summed E-state index contributed by atoms with van der Waals surface area (Å²) in [4.78, 5) is 28.2. The van der Waals surface area contributed by atoms with Gasteiger partial charge in [-0.05, 0) is 31.7 Å². The maximum Gasteiger partial charge on any atom is 0.236 e. The molecule has 1 spiro atoms. The number of nitrogens with zero attached hydrogens (tertiary/aromatic N) is 5. The number of hydrogen-bond donors (Lipinski definition) is 0. The van der Waals surface area contributed by atoms with Crippen LogP contribution in [0, 0.1) is 5.41 Å². The van der Waals surface area contributed by atoms with Crippen molar-refractivity contribution < 1.29 is 9.53 Å². The third-order valence-electron chi connectivity index (χ3n) is 6.64. The summed E-state index contributed by atoms with van der Waals surface area (Å²) in [7, 11) is 1.83. The van der Waals surface area contributed by atoms with Crippen molar-refractivity contribution in [3.63, 3.8) is 0 Å². The summed E-state index contributed by atoms with van der Waals surface area (Å²) < 4.78 is 5.77. The number of piperazine rings is 1. The lowest BCUT2D eigenvalue weighted by Gasteiger charge is -2.44. The zero-order valence-electron chi connectivity index (χ0n) is 16.3. The van der Waals surface area contributed by atoms with Gasteiger partial charge in [0.1, 0.15) is 0 Å². The van der Waals surface area contributed by atoms with E-state index in [4.69, 9.17) is 4.74 Å². The lowest BCUT2D eigenvalue weighted by atomic mass is 9.76. The van der Waals surface area contributed by atoms with E-state index in [1.165, 1.54) is 19.3 Å². The van der Waals surface area contributed by atoms with E-state index in [2.05, 4.69) is 24.7 Å². The van der Waals surface area contributed by atoms with E-state index in [0.29, 0.717) is 12.6 Å². The van der Waals surface area contributed by atoms with Crippen molar-refractivity contribution in [1.29, 1.82) is 0 Å². The second-order valence-corrected chi connectivity index (χ2v) is 8.21. The minimum Gasteiger partial charge on any atom is -0.381 e. The summed E-state index contributed by atoms with van der Waals surface area (Å²) in [5.41, 5.74) is 0.200. The number of amides is 1. The molecule has 7 nitrogen and oxygen atoms in total. The Balaban J connectivity index is 1.29. The Kier molecular flexibility index (Phi) is 5.59. The Hall–Kier alpha value is -1.73. The van der Waals surface area contributed by atoms with Gasteiger partial charge in [-0.1, -0.05) is 6.42 Å². The fourth-order valence-corrected chi connectivity index (χ4v) is 5.17. The van der Waals surface area contributed by atoms with E-state index in [1.807, 2.05) is 13.2 Å². The van der Waals surface area contributed by atoms with Gasteiger partial charge in [0.25, 0.3) is 0 Å². The highest BCUT2D eigenvalue weighted by Gasteiger charge is 2.46. The Morgan fingerprint density at radius 1 is 1.15 bits per heavy atom. The molecular weight excluding hydrogens is 342 g/mol. The van der Waals surface area contributed by atoms with Crippen LogP contribution in [0.2, 0.25) is 0 Å². The van der Waals surface area contributed by atoms with Crippen LogP contribution >= 0.6 is 0 Å². The van der Waals surface area contributed by atoms with Gasteiger partial charge in [0.2, 0.25) is 11.9 Å². The number of aromatic nitrogens is 2. The van der Waals surface area contributed by atoms with Gasteiger partial charge in [0.15, 0.2) is 0 Å². The second-order valence-electron chi connectivity index (χ2n) is 8.21. The predicted molar refractivity (Wildman–Crippen MR) is 104 cm³/mol. The van der Waals surface area contributed by atoms with Crippen molar-refractivity contribution in [3.8, 4) is 0 Å². The number of likely N-dealkylation sites (tertiary alicyclic amines) is 1. The molecule has 0 aromatic carbocycles. The van der Waals surface area contributed by atoms with Gasteiger partial charge in [-0.15, -0.1) is 0 Å². The van der Waals surface area contributed by atoms with Crippen molar-refractivity contribution in [2.45, 2.75) is 38.2 Å². The molecule has 7 heteroatoms. The molecule has 148 valence electrons. The number of anilines is 1. The number of ether oxygens (including phenoxy) is 1. The van der Waals surface area contributed by atoms with Gasteiger partial charge in [-0.2, -0.15) is 0 Å². The van der Waals surface area contributed by atoms with Crippen LogP contribution in [0.5, 0.6) is 0 Å². The van der Waals surface area contributed by atoms with Crippen molar-refractivity contribution in [1.82, 2.24) is 19.8 Å². The molecule has 0 bridgehead atoms. The molecule has 1 aromatic heterocycles. The van der Waals surface area contributed by atoms with E-state index in [-0.39, 0.29) is 11.3 Å². The normalized spacial score (nSPS) is 29.4. The van der Waals surface area contributed by atoms with Crippen LogP contribution in [-0.2, 0) is 9.53 Å². The first kappa shape index (κ1) is 18.6. The maximum absolute atomic E-state index is 13.0. The summed E-state index contributed by atoms with van der Waals surface area (Å²) in [5, 5.41) is 0. The van der Waals surface area contributed by atoms with Gasteiger partial charge in [-0.25, -0.2) is 9.97 Å². The van der Waals surface area contributed by atoms with Crippen LogP contribution in [-0.4, -0.2) is 84.7 Å². The monoisotopic (exact) mass is 373 g/mol. The number of hydrogen-bond acceptors (Lipinski definition) is 6. The maximum atomic E-state index is 13.0. The number of piperidine rings is 1.